The Balaban J connectivity index is 2.26. The summed E-state index contributed by atoms with van der Waals surface area (Å²) in [4.78, 5) is 20.8. The molecule has 0 bridgehead atoms. The fourth-order valence-electron chi connectivity index (χ4n) is 1.48. The van der Waals surface area contributed by atoms with Crippen molar-refractivity contribution in [2.45, 2.75) is 0 Å². The molecule has 0 fully saturated rings. The molecule has 11 heteroatoms. The molecule has 0 atom stereocenters. The summed E-state index contributed by atoms with van der Waals surface area (Å²) in [7, 11) is 1.44. The highest BCUT2D eigenvalue weighted by atomic mass is 32.1. The topological polar surface area (TPSA) is 145 Å². The van der Waals surface area contributed by atoms with Gasteiger partial charge in [-0.1, -0.05) is 11.3 Å². The van der Waals surface area contributed by atoms with E-state index < -0.39 is 15.9 Å². The summed E-state index contributed by atoms with van der Waals surface area (Å²) < 4.78 is 10.7. The molecule has 0 saturated carbocycles. The second-order valence-electron chi connectivity index (χ2n) is 3.60. The minimum Gasteiger partial charge on any atom is -0.493 e. The summed E-state index contributed by atoms with van der Waals surface area (Å²) in [5.41, 5.74) is 8.31. The fourth-order valence-corrected chi connectivity index (χ4v) is 2.21. The van der Waals surface area contributed by atoms with Crippen molar-refractivity contribution in [2.24, 2.45) is 15.9 Å². The van der Waals surface area contributed by atoms with Crippen LogP contribution >= 0.6 is 11.3 Å². The molecule has 21 heavy (non-hydrogen) atoms. The van der Waals surface area contributed by atoms with Crippen LogP contribution in [0.5, 0.6) is 5.75 Å². The number of nitro groups is 1. The number of nitrogens with two attached hydrogens (primary N) is 1. The average Bonchev–Trinajstić information content (AvgIpc) is 2.77. The first-order chi connectivity index (χ1) is 9.99. The van der Waals surface area contributed by atoms with Crippen molar-refractivity contribution in [3.63, 3.8) is 0 Å². The predicted octanol–water partition coefficient (Wildman–Crippen LogP) is 0.293. The van der Waals surface area contributed by atoms with Crippen LogP contribution in [-0.4, -0.2) is 24.3 Å². The molecule has 10 nitrogen and oxygen atoms in total. The molecule has 1 heterocycles. The molecule has 1 aromatic carbocycles. The van der Waals surface area contributed by atoms with Gasteiger partial charge in [0.1, 0.15) is 5.10 Å². The Bertz CT molecular complexity index is 793. The van der Waals surface area contributed by atoms with Gasteiger partial charge in [0, 0.05) is 0 Å². The lowest BCUT2D eigenvalue weighted by molar-refractivity contribution is -0.485. The van der Waals surface area contributed by atoms with Crippen LogP contribution < -0.4 is 20.8 Å². The molecule has 0 aliphatic carbocycles. The lowest BCUT2D eigenvalue weighted by Gasteiger charge is -2.01. The normalized spacial score (nSPS) is 12.0. The van der Waals surface area contributed by atoms with Gasteiger partial charge in [0.05, 0.1) is 18.0 Å². The zero-order valence-electron chi connectivity index (χ0n) is 10.6. The molecule has 0 amide bonds. The zero-order valence-corrected chi connectivity index (χ0v) is 11.4. The van der Waals surface area contributed by atoms with Crippen LogP contribution in [-0.2, 0) is 0 Å². The Morgan fingerprint density at radius 3 is 3.05 bits per heavy atom. The van der Waals surface area contributed by atoms with E-state index in [-0.39, 0.29) is 0 Å². The van der Waals surface area contributed by atoms with Crippen molar-refractivity contribution in [1.82, 2.24) is 5.43 Å². The van der Waals surface area contributed by atoms with Crippen molar-refractivity contribution in [2.75, 3.05) is 7.11 Å². The monoisotopic (exact) mass is 311 g/mol. The SMILES string of the molecule is COc1cc(C=NN/C(N)=N/[N+](=O)[O-])cc2sc(=O)oc12. The highest BCUT2D eigenvalue weighted by Gasteiger charge is 2.10. The summed E-state index contributed by atoms with van der Waals surface area (Å²) in [6, 6.07) is 3.24. The van der Waals surface area contributed by atoms with Crippen LogP contribution in [0.15, 0.2) is 31.5 Å². The van der Waals surface area contributed by atoms with Crippen molar-refractivity contribution < 1.29 is 14.2 Å². The smallest absolute Gasteiger partial charge is 0.396 e. The summed E-state index contributed by atoms with van der Waals surface area (Å²) in [5.74, 6) is -0.0866. The van der Waals surface area contributed by atoms with Crippen LogP contribution in [0.25, 0.3) is 10.3 Å². The molecule has 0 unspecified atom stereocenters. The largest absolute Gasteiger partial charge is 0.493 e. The third-order valence-corrected chi connectivity index (χ3v) is 3.00. The molecule has 0 aliphatic rings. The summed E-state index contributed by atoms with van der Waals surface area (Å²) in [5, 5.41) is 15.6. The van der Waals surface area contributed by atoms with E-state index in [0.29, 0.717) is 21.6 Å². The van der Waals surface area contributed by atoms with Gasteiger partial charge in [-0.2, -0.15) is 5.10 Å². The number of nitrogens with one attached hydrogen (secondary N) is 1. The van der Waals surface area contributed by atoms with Gasteiger partial charge in [0.2, 0.25) is 0 Å². The first kappa shape index (κ1) is 14.5. The van der Waals surface area contributed by atoms with Crippen molar-refractivity contribution in [1.29, 1.82) is 0 Å². The van der Waals surface area contributed by atoms with Crippen molar-refractivity contribution in [3.05, 3.63) is 37.5 Å². The van der Waals surface area contributed by atoms with Crippen molar-refractivity contribution >= 4 is 33.8 Å². The van der Waals surface area contributed by atoms with Crippen molar-refractivity contribution in [3.8, 4) is 5.75 Å². The number of hydrogen-bond donors (Lipinski definition) is 2. The summed E-state index contributed by atoms with van der Waals surface area (Å²) in [6.45, 7) is 0. The number of nitrogens with zero attached hydrogens (tertiary/aromatic N) is 3. The van der Waals surface area contributed by atoms with Gasteiger partial charge in [0.25, 0.3) is 5.96 Å². The zero-order chi connectivity index (χ0) is 15.4. The standard InChI is InChI=1S/C10H9N5O5S/c1-19-6-2-5(3-7-8(6)20-10(16)21-7)4-12-13-9(11)14-15(17)18/h2-4H,1H3,(H3,11,13,14). The molecule has 0 radical (unpaired) electrons. The maximum absolute atomic E-state index is 11.2. The van der Waals surface area contributed by atoms with E-state index >= 15 is 0 Å². The van der Waals surface area contributed by atoms with Crippen LogP contribution in [0.3, 0.4) is 0 Å². The molecular weight excluding hydrogens is 302 g/mol. The van der Waals surface area contributed by atoms with Gasteiger partial charge in [-0.25, -0.2) is 20.3 Å². The Morgan fingerprint density at radius 1 is 1.62 bits per heavy atom. The molecular formula is C10H9N5O5S. The Hall–Kier alpha value is -2.95. The number of methoxy groups -OCH3 is 1. The molecule has 2 aromatic rings. The van der Waals surface area contributed by atoms with E-state index in [0.717, 1.165) is 11.3 Å². The number of ether oxygens (including phenoxy) is 1. The van der Waals surface area contributed by atoms with Crippen LogP contribution in [0, 0.1) is 10.1 Å². The second kappa shape index (κ2) is 6.00. The fraction of sp³-hybridized carbons (Fsp3) is 0.100. The van der Waals surface area contributed by atoms with Gasteiger partial charge < -0.3 is 14.9 Å². The Morgan fingerprint density at radius 2 is 2.38 bits per heavy atom. The third-order valence-electron chi connectivity index (χ3n) is 2.22. The van der Waals surface area contributed by atoms with E-state index in [1.165, 1.54) is 13.3 Å². The van der Waals surface area contributed by atoms with E-state index in [1.54, 1.807) is 12.1 Å². The highest BCUT2D eigenvalue weighted by molar-refractivity contribution is 7.16. The third kappa shape index (κ3) is 3.54. The Kier molecular flexibility index (Phi) is 4.13. The molecule has 0 aliphatic heterocycles. The average molecular weight is 311 g/mol. The van der Waals surface area contributed by atoms with E-state index in [9.17, 15) is 14.9 Å². The molecule has 110 valence electrons. The van der Waals surface area contributed by atoms with Gasteiger partial charge in [-0.05, 0) is 17.7 Å². The molecule has 0 saturated heterocycles. The first-order valence-corrected chi connectivity index (χ1v) is 6.20. The number of guanidine groups is 1. The van der Waals surface area contributed by atoms with Gasteiger partial charge in [0.15, 0.2) is 16.4 Å². The minimum atomic E-state index is -0.949. The lowest BCUT2D eigenvalue weighted by Crippen LogP contribution is -2.28. The highest BCUT2D eigenvalue weighted by Crippen LogP contribution is 2.28. The van der Waals surface area contributed by atoms with Gasteiger partial charge >= 0.3 is 4.94 Å². The van der Waals surface area contributed by atoms with E-state index in [2.05, 4.69) is 15.6 Å². The number of hydrazone groups is 2. The van der Waals surface area contributed by atoms with Crippen LogP contribution in [0.4, 0.5) is 0 Å². The minimum absolute atomic E-state index is 0.354. The molecule has 1 aromatic heterocycles. The molecule has 0 spiro atoms. The summed E-state index contributed by atoms with van der Waals surface area (Å²) in [6.07, 6.45) is 1.34. The second-order valence-corrected chi connectivity index (χ2v) is 4.57. The van der Waals surface area contributed by atoms with Gasteiger partial charge in [-0.3, -0.25) is 0 Å². The van der Waals surface area contributed by atoms with Gasteiger partial charge in [-0.15, -0.1) is 0 Å². The van der Waals surface area contributed by atoms with E-state index in [4.69, 9.17) is 14.9 Å². The molecule has 3 N–H and O–H groups in total. The number of fused-ring (bicyclic) bond motifs is 1. The Labute approximate surface area is 120 Å². The lowest BCUT2D eigenvalue weighted by atomic mass is 10.2. The molecule has 2 rings (SSSR count). The maximum atomic E-state index is 11.2. The predicted molar refractivity (Wildman–Crippen MR) is 76.3 cm³/mol. The number of benzene rings is 1. The first-order valence-electron chi connectivity index (χ1n) is 5.39. The maximum Gasteiger partial charge on any atom is 0.396 e. The van der Waals surface area contributed by atoms with E-state index in [1.807, 2.05) is 0 Å². The summed E-state index contributed by atoms with van der Waals surface area (Å²) >= 11 is 0.922. The van der Waals surface area contributed by atoms with Crippen LogP contribution in [0.1, 0.15) is 5.56 Å². The quantitative estimate of drug-likeness (QED) is 0.357. The van der Waals surface area contributed by atoms with Crippen LogP contribution in [0.2, 0.25) is 0 Å². The number of hydrogen-bond acceptors (Lipinski definition) is 7. The number of rotatable bonds is 4.